The van der Waals surface area contributed by atoms with Gasteiger partial charge in [0, 0.05) is 18.2 Å². The largest absolute Gasteiger partial charge is 0.494 e. The van der Waals surface area contributed by atoms with E-state index in [1.807, 2.05) is 24.3 Å². The highest BCUT2D eigenvalue weighted by Gasteiger charge is 2.23. The molecule has 2 rings (SSSR count). The predicted octanol–water partition coefficient (Wildman–Crippen LogP) is 2.20. The number of hydrogen-bond acceptors (Lipinski definition) is 3. The van der Waals surface area contributed by atoms with Gasteiger partial charge in [-0.1, -0.05) is 19.9 Å². The zero-order valence-corrected chi connectivity index (χ0v) is 12.3. The van der Waals surface area contributed by atoms with Crippen molar-refractivity contribution in [3.8, 4) is 5.75 Å². The summed E-state index contributed by atoms with van der Waals surface area (Å²) in [4.78, 5) is 12.3. The third-order valence-electron chi connectivity index (χ3n) is 3.71. The molecule has 0 spiro atoms. The number of nitrogens with one attached hydrogen (secondary N) is 2. The van der Waals surface area contributed by atoms with E-state index in [1.165, 1.54) is 0 Å². The number of carbonyl (C=O) groups is 1. The van der Waals surface area contributed by atoms with E-state index in [0.717, 1.165) is 31.7 Å². The van der Waals surface area contributed by atoms with Crippen LogP contribution in [-0.2, 0) is 0 Å². The lowest BCUT2D eigenvalue weighted by molar-refractivity contribution is 0.0915. The topological polar surface area (TPSA) is 50.4 Å². The molecule has 20 heavy (non-hydrogen) atoms. The molecular weight excluding hydrogens is 252 g/mol. The van der Waals surface area contributed by atoms with Gasteiger partial charge in [-0.3, -0.25) is 4.79 Å². The van der Waals surface area contributed by atoms with Crippen LogP contribution in [0.4, 0.5) is 0 Å². The molecule has 1 aliphatic heterocycles. The zero-order valence-electron chi connectivity index (χ0n) is 12.3. The number of piperidine rings is 1. The monoisotopic (exact) mass is 276 g/mol. The molecule has 4 nitrogen and oxygen atoms in total. The number of amides is 1. The van der Waals surface area contributed by atoms with Gasteiger partial charge in [0.05, 0.1) is 6.61 Å². The summed E-state index contributed by atoms with van der Waals surface area (Å²) in [5.74, 6) is 1.25. The number of hydrogen-bond donors (Lipinski definition) is 2. The third kappa shape index (κ3) is 3.97. The summed E-state index contributed by atoms with van der Waals surface area (Å²) in [6.45, 7) is 6.81. The van der Waals surface area contributed by atoms with Crippen LogP contribution in [0, 0.1) is 5.92 Å². The van der Waals surface area contributed by atoms with E-state index in [2.05, 4.69) is 24.5 Å². The molecule has 1 fully saturated rings. The molecule has 0 bridgehead atoms. The van der Waals surface area contributed by atoms with Crippen molar-refractivity contribution in [2.24, 2.45) is 5.92 Å². The normalized spacial score (nSPS) is 22.3. The summed E-state index contributed by atoms with van der Waals surface area (Å²) >= 11 is 0. The fourth-order valence-electron chi connectivity index (χ4n) is 2.38. The van der Waals surface area contributed by atoms with Crippen molar-refractivity contribution in [3.05, 3.63) is 29.8 Å². The van der Waals surface area contributed by atoms with Crippen LogP contribution in [-0.4, -0.2) is 31.6 Å². The minimum Gasteiger partial charge on any atom is -0.494 e. The first-order valence-corrected chi connectivity index (χ1v) is 7.45. The van der Waals surface area contributed by atoms with E-state index in [1.54, 1.807) is 0 Å². The molecule has 1 heterocycles. The fourth-order valence-corrected chi connectivity index (χ4v) is 2.38. The Labute approximate surface area is 120 Å². The lowest BCUT2D eigenvalue weighted by atomic mass is 9.94. The minimum absolute atomic E-state index is 0.0208. The molecule has 1 aromatic carbocycles. The summed E-state index contributed by atoms with van der Waals surface area (Å²) in [6, 6.07) is 7.59. The Morgan fingerprint density at radius 1 is 1.50 bits per heavy atom. The molecule has 1 aliphatic rings. The van der Waals surface area contributed by atoms with Gasteiger partial charge in [-0.25, -0.2) is 0 Å². The van der Waals surface area contributed by atoms with Crippen molar-refractivity contribution in [2.75, 3.05) is 19.7 Å². The Morgan fingerprint density at radius 2 is 2.35 bits per heavy atom. The Kier molecular flexibility index (Phi) is 5.41. The van der Waals surface area contributed by atoms with Crippen LogP contribution in [0.3, 0.4) is 0 Å². The van der Waals surface area contributed by atoms with Gasteiger partial charge in [-0.05, 0) is 43.5 Å². The maximum Gasteiger partial charge on any atom is 0.251 e. The molecule has 4 heteroatoms. The van der Waals surface area contributed by atoms with Crippen LogP contribution in [0.25, 0.3) is 0 Å². The average molecular weight is 276 g/mol. The summed E-state index contributed by atoms with van der Waals surface area (Å²) in [5, 5.41) is 6.43. The standard InChI is InChI=1S/C16H24N2O2/c1-3-9-20-14-6-4-5-13(10-14)16(19)18-15-11-17-8-7-12(15)2/h4-6,10,12,15,17H,3,7-9,11H2,1-2H3,(H,18,19). The number of ether oxygens (including phenoxy) is 1. The molecule has 0 saturated carbocycles. The smallest absolute Gasteiger partial charge is 0.251 e. The summed E-state index contributed by atoms with van der Waals surface area (Å²) < 4.78 is 5.56. The first kappa shape index (κ1) is 14.9. The van der Waals surface area contributed by atoms with E-state index in [0.29, 0.717) is 18.1 Å². The SMILES string of the molecule is CCCOc1cccc(C(=O)NC2CNCCC2C)c1. The molecule has 2 unspecified atom stereocenters. The number of carbonyl (C=O) groups excluding carboxylic acids is 1. The molecule has 0 aliphatic carbocycles. The van der Waals surface area contributed by atoms with Crippen molar-refractivity contribution in [2.45, 2.75) is 32.7 Å². The van der Waals surface area contributed by atoms with Gasteiger partial charge in [0.15, 0.2) is 0 Å². The van der Waals surface area contributed by atoms with E-state index >= 15 is 0 Å². The quantitative estimate of drug-likeness (QED) is 0.867. The lowest BCUT2D eigenvalue weighted by Gasteiger charge is -2.30. The Morgan fingerprint density at radius 3 is 3.10 bits per heavy atom. The maximum atomic E-state index is 12.3. The molecule has 110 valence electrons. The van der Waals surface area contributed by atoms with Crippen molar-refractivity contribution < 1.29 is 9.53 Å². The van der Waals surface area contributed by atoms with Crippen molar-refractivity contribution in [1.82, 2.24) is 10.6 Å². The molecule has 1 saturated heterocycles. The van der Waals surface area contributed by atoms with Crippen molar-refractivity contribution in [3.63, 3.8) is 0 Å². The number of benzene rings is 1. The van der Waals surface area contributed by atoms with Gasteiger partial charge in [0.1, 0.15) is 5.75 Å². The van der Waals surface area contributed by atoms with Crippen LogP contribution < -0.4 is 15.4 Å². The second-order valence-corrected chi connectivity index (χ2v) is 5.43. The van der Waals surface area contributed by atoms with E-state index in [4.69, 9.17) is 4.74 Å². The lowest BCUT2D eigenvalue weighted by Crippen LogP contribution is -2.50. The van der Waals surface area contributed by atoms with Gasteiger partial charge in [0.25, 0.3) is 5.91 Å². The third-order valence-corrected chi connectivity index (χ3v) is 3.71. The second-order valence-electron chi connectivity index (χ2n) is 5.43. The first-order valence-electron chi connectivity index (χ1n) is 7.45. The van der Waals surface area contributed by atoms with Crippen LogP contribution in [0.5, 0.6) is 5.75 Å². The van der Waals surface area contributed by atoms with Gasteiger partial charge in [-0.15, -0.1) is 0 Å². The van der Waals surface area contributed by atoms with E-state index in [-0.39, 0.29) is 11.9 Å². The molecule has 0 radical (unpaired) electrons. The Balaban J connectivity index is 1.97. The first-order chi connectivity index (χ1) is 9.70. The zero-order chi connectivity index (χ0) is 14.4. The Bertz CT molecular complexity index is 448. The van der Waals surface area contributed by atoms with E-state index < -0.39 is 0 Å². The fraction of sp³-hybridized carbons (Fsp3) is 0.562. The summed E-state index contributed by atoms with van der Waals surface area (Å²) in [6.07, 6.45) is 2.06. The molecular formula is C16H24N2O2. The van der Waals surface area contributed by atoms with Gasteiger partial charge < -0.3 is 15.4 Å². The second kappa shape index (κ2) is 7.29. The molecule has 2 atom stereocenters. The van der Waals surface area contributed by atoms with E-state index in [9.17, 15) is 4.79 Å². The Hall–Kier alpha value is -1.55. The summed E-state index contributed by atoms with van der Waals surface area (Å²) in [7, 11) is 0. The number of rotatable bonds is 5. The molecule has 1 amide bonds. The molecule has 2 N–H and O–H groups in total. The highest BCUT2D eigenvalue weighted by Crippen LogP contribution is 2.15. The minimum atomic E-state index is -0.0208. The maximum absolute atomic E-state index is 12.3. The highest BCUT2D eigenvalue weighted by atomic mass is 16.5. The summed E-state index contributed by atoms with van der Waals surface area (Å²) in [5.41, 5.74) is 0.663. The van der Waals surface area contributed by atoms with Crippen LogP contribution in [0.2, 0.25) is 0 Å². The average Bonchev–Trinajstić information content (AvgIpc) is 2.48. The van der Waals surface area contributed by atoms with Crippen LogP contribution >= 0.6 is 0 Å². The highest BCUT2D eigenvalue weighted by molar-refractivity contribution is 5.94. The van der Waals surface area contributed by atoms with Gasteiger partial charge in [-0.2, -0.15) is 0 Å². The van der Waals surface area contributed by atoms with Crippen LogP contribution in [0.1, 0.15) is 37.0 Å². The predicted molar refractivity (Wildman–Crippen MR) is 80.1 cm³/mol. The molecule has 1 aromatic rings. The molecule has 0 aromatic heterocycles. The van der Waals surface area contributed by atoms with Crippen molar-refractivity contribution >= 4 is 5.91 Å². The van der Waals surface area contributed by atoms with Gasteiger partial charge in [0.2, 0.25) is 0 Å². The van der Waals surface area contributed by atoms with Crippen LogP contribution in [0.15, 0.2) is 24.3 Å². The van der Waals surface area contributed by atoms with Gasteiger partial charge >= 0.3 is 0 Å². The van der Waals surface area contributed by atoms with Crippen molar-refractivity contribution in [1.29, 1.82) is 0 Å².